The lowest BCUT2D eigenvalue weighted by molar-refractivity contribution is -0.172. The molecular formula is C9H12O6. The fraction of sp³-hybridized carbons (Fsp3) is 0.556. The lowest BCUT2D eigenvalue weighted by Gasteiger charge is -2.20. The molecule has 0 spiro atoms. The first-order chi connectivity index (χ1) is 6.82. The van der Waals surface area contributed by atoms with Gasteiger partial charge in [-0.3, -0.25) is 19.2 Å². The minimum Gasteiger partial charge on any atom is -0.468 e. The molecule has 0 rings (SSSR count). The van der Waals surface area contributed by atoms with Crippen molar-refractivity contribution in [3.63, 3.8) is 0 Å². The first kappa shape index (κ1) is 13.3. The van der Waals surface area contributed by atoms with Gasteiger partial charge >= 0.3 is 11.9 Å². The topological polar surface area (TPSA) is 86.7 Å². The summed E-state index contributed by atoms with van der Waals surface area (Å²) >= 11 is 0. The number of rotatable bonds is 4. The van der Waals surface area contributed by atoms with Crippen LogP contribution in [-0.2, 0) is 28.7 Å². The Labute approximate surface area is 86.5 Å². The SMILES string of the molecule is COC(=O)C(C)(C(=O)OC)C(=O)C(C)=O. The van der Waals surface area contributed by atoms with Crippen molar-refractivity contribution in [2.24, 2.45) is 5.41 Å². The van der Waals surface area contributed by atoms with Crippen molar-refractivity contribution >= 4 is 23.5 Å². The highest BCUT2D eigenvalue weighted by molar-refractivity contribution is 6.46. The summed E-state index contributed by atoms with van der Waals surface area (Å²) in [5.74, 6) is -4.29. The fourth-order valence-electron chi connectivity index (χ4n) is 1.03. The number of hydrogen-bond donors (Lipinski definition) is 0. The highest BCUT2D eigenvalue weighted by atomic mass is 16.5. The Morgan fingerprint density at radius 1 is 0.933 bits per heavy atom. The summed E-state index contributed by atoms with van der Waals surface area (Å²) in [4.78, 5) is 44.8. The van der Waals surface area contributed by atoms with E-state index in [1.165, 1.54) is 0 Å². The van der Waals surface area contributed by atoms with Crippen LogP contribution in [0.1, 0.15) is 13.8 Å². The molecule has 0 aromatic carbocycles. The molecule has 0 unspecified atom stereocenters. The van der Waals surface area contributed by atoms with E-state index >= 15 is 0 Å². The van der Waals surface area contributed by atoms with Crippen LogP contribution >= 0.6 is 0 Å². The third-order valence-corrected chi connectivity index (χ3v) is 1.96. The first-order valence-corrected chi connectivity index (χ1v) is 4.04. The van der Waals surface area contributed by atoms with Gasteiger partial charge in [0, 0.05) is 6.92 Å². The van der Waals surface area contributed by atoms with Crippen molar-refractivity contribution in [3.8, 4) is 0 Å². The predicted molar refractivity (Wildman–Crippen MR) is 47.8 cm³/mol. The van der Waals surface area contributed by atoms with Crippen LogP contribution in [0.5, 0.6) is 0 Å². The summed E-state index contributed by atoms with van der Waals surface area (Å²) in [7, 11) is 2.02. The number of carbonyl (C=O) groups excluding carboxylic acids is 4. The van der Waals surface area contributed by atoms with Crippen LogP contribution in [0.3, 0.4) is 0 Å². The lowest BCUT2D eigenvalue weighted by Crippen LogP contribution is -2.47. The standard InChI is InChI=1S/C9H12O6/c1-5(10)6(11)9(2,7(12)14-3)8(13)15-4/h1-4H3. The fourth-order valence-corrected chi connectivity index (χ4v) is 1.03. The van der Waals surface area contributed by atoms with Crippen LogP contribution in [0.2, 0.25) is 0 Å². The zero-order chi connectivity index (χ0) is 12.2. The van der Waals surface area contributed by atoms with Crippen molar-refractivity contribution in [1.82, 2.24) is 0 Å². The molecule has 0 radical (unpaired) electrons. The molecule has 0 saturated carbocycles. The van der Waals surface area contributed by atoms with Crippen LogP contribution in [0.25, 0.3) is 0 Å². The Hall–Kier alpha value is -1.72. The van der Waals surface area contributed by atoms with Gasteiger partial charge < -0.3 is 9.47 Å². The summed E-state index contributed by atoms with van der Waals surface area (Å²) in [5, 5.41) is 0. The second-order valence-corrected chi connectivity index (χ2v) is 2.99. The molecule has 0 N–H and O–H groups in total. The Morgan fingerprint density at radius 3 is 1.47 bits per heavy atom. The zero-order valence-electron chi connectivity index (χ0n) is 8.95. The molecule has 0 amide bonds. The quantitative estimate of drug-likeness (QED) is 0.357. The molecule has 0 heterocycles. The van der Waals surface area contributed by atoms with E-state index in [1.807, 2.05) is 0 Å². The van der Waals surface area contributed by atoms with Crippen molar-refractivity contribution in [2.75, 3.05) is 14.2 Å². The Morgan fingerprint density at radius 2 is 1.27 bits per heavy atom. The molecule has 0 aromatic rings. The largest absolute Gasteiger partial charge is 0.468 e. The Kier molecular flexibility index (Phi) is 4.14. The molecule has 84 valence electrons. The molecule has 6 nitrogen and oxygen atoms in total. The van der Waals surface area contributed by atoms with E-state index in [-0.39, 0.29) is 0 Å². The van der Waals surface area contributed by atoms with Gasteiger partial charge in [0.05, 0.1) is 14.2 Å². The van der Waals surface area contributed by atoms with E-state index in [0.29, 0.717) is 0 Å². The van der Waals surface area contributed by atoms with Gasteiger partial charge in [0.25, 0.3) is 0 Å². The Balaban J connectivity index is 5.40. The second-order valence-electron chi connectivity index (χ2n) is 2.99. The van der Waals surface area contributed by atoms with Gasteiger partial charge in [-0.1, -0.05) is 0 Å². The van der Waals surface area contributed by atoms with Crippen LogP contribution in [0.15, 0.2) is 0 Å². The van der Waals surface area contributed by atoms with Crippen molar-refractivity contribution < 1.29 is 28.7 Å². The maximum absolute atomic E-state index is 11.4. The second kappa shape index (κ2) is 4.68. The molecule has 15 heavy (non-hydrogen) atoms. The molecular weight excluding hydrogens is 204 g/mol. The number of hydrogen-bond acceptors (Lipinski definition) is 6. The van der Waals surface area contributed by atoms with Gasteiger partial charge in [-0.25, -0.2) is 0 Å². The average molecular weight is 216 g/mol. The number of esters is 2. The summed E-state index contributed by atoms with van der Waals surface area (Å²) in [6.07, 6.45) is 0. The molecule has 0 bridgehead atoms. The van der Waals surface area contributed by atoms with Gasteiger partial charge in [-0.2, -0.15) is 0 Å². The van der Waals surface area contributed by atoms with Gasteiger partial charge in [-0.05, 0) is 6.92 Å². The number of ether oxygens (including phenoxy) is 2. The number of Topliss-reactive ketones (excluding diaryl/α,β-unsaturated/α-hetero) is 2. The lowest BCUT2D eigenvalue weighted by atomic mass is 9.84. The summed E-state index contributed by atoms with van der Waals surface area (Å²) < 4.78 is 8.59. The van der Waals surface area contributed by atoms with Crippen molar-refractivity contribution in [3.05, 3.63) is 0 Å². The van der Waals surface area contributed by atoms with E-state index in [9.17, 15) is 19.2 Å². The van der Waals surface area contributed by atoms with Crippen molar-refractivity contribution in [2.45, 2.75) is 13.8 Å². The molecule has 6 heteroatoms. The van der Waals surface area contributed by atoms with Gasteiger partial charge in [0.15, 0.2) is 5.78 Å². The summed E-state index contributed by atoms with van der Waals surface area (Å²) in [5.41, 5.74) is -2.21. The van der Waals surface area contributed by atoms with Crippen LogP contribution < -0.4 is 0 Å². The normalized spacial score (nSPS) is 10.4. The molecule has 0 aromatic heterocycles. The van der Waals surface area contributed by atoms with Crippen molar-refractivity contribution in [1.29, 1.82) is 0 Å². The van der Waals surface area contributed by atoms with Crippen LogP contribution in [0.4, 0.5) is 0 Å². The zero-order valence-corrected chi connectivity index (χ0v) is 8.95. The number of methoxy groups -OCH3 is 2. The number of ketones is 2. The molecule has 0 aliphatic carbocycles. The minimum atomic E-state index is -2.21. The van der Waals surface area contributed by atoms with E-state index < -0.39 is 28.9 Å². The molecule has 0 aliphatic rings. The van der Waals surface area contributed by atoms with E-state index in [1.54, 1.807) is 0 Å². The average Bonchev–Trinajstić information content (AvgIpc) is 2.24. The smallest absolute Gasteiger partial charge is 0.331 e. The van der Waals surface area contributed by atoms with E-state index in [4.69, 9.17) is 0 Å². The maximum atomic E-state index is 11.4. The third kappa shape index (κ3) is 2.20. The monoisotopic (exact) mass is 216 g/mol. The van der Waals surface area contributed by atoms with E-state index in [0.717, 1.165) is 28.1 Å². The maximum Gasteiger partial charge on any atom is 0.331 e. The number of carbonyl (C=O) groups is 4. The highest BCUT2D eigenvalue weighted by Gasteiger charge is 2.52. The van der Waals surface area contributed by atoms with E-state index in [2.05, 4.69) is 9.47 Å². The predicted octanol–water partition coefficient (Wildman–Crippen LogP) is -0.503. The van der Waals surface area contributed by atoms with Crippen LogP contribution in [-0.4, -0.2) is 37.7 Å². The Bertz CT molecular complexity index is 301. The summed E-state index contributed by atoms with van der Waals surface area (Å²) in [6.45, 7) is 1.96. The van der Waals surface area contributed by atoms with Crippen LogP contribution in [0, 0.1) is 5.41 Å². The molecule has 0 fully saturated rings. The van der Waals surface area contributed by atoms with Gasteiger partial charge in [0.1, 0.15) is 0 Å². The molecule has 0 saturated heterocycles. The molecule has 0 aliphatic heterocycles. The van der Waals surface area contributed by atoms with Gasteiger partial charge in [-0.15, -0.1) is 0 Å². The first-order valence-electron chi connectivity index (χ1n) is 4.04. The minimum absolute atomic E-state index is 0.909. The third-order valence-electron chi connectivity index (χ3n) is 1.96. The van der Waals surface area contributed by atoms with Gasteiger partial charge in [0.2, 0.25) is 11.2 Å². The summed E-state index contributed by atoms with van der Waals surface area (Å²) in [6, 6.07) is 0. The highest BCUT2D eigenvalue weighted by Crippen LogP contribution is 2.22. The molecule has 0 atom stereocenters.